The zero-order valence-corrected chi connectivity index (χ0v) is 11.1. The second kappa shape index (κ2) is 4.76. The maximum absolute atomic E-state index is 5.44. The van der Waals surface area contributed by atoms with Crippen molar-refractivity contribution in [2.24, 2.45) is 0 Å². The number of nitrogens with one attached hydrogen (secondary N) is 1. The first-order chi connectivity index (χ1) is 9.28. The molecule has 3 aromatic rings. The summed E-state index contributed by atoms with van der Waals surface area (Å²) < 4.78 is 5.44. The molecule has 0 radical (unpaired) electrons. The second-order valence-electron chi connectivity index (χ2n) is 4.51. The molecule has 3 nitrogen and oxygen atoms in total. The lowest BCUT2D eigenvalue weighted by molar-refractivity contribution is 0.340. The van der Waals surface area contributed by atoms with E-state index >= 15 is 0 Å². The highest BCUT2D eigenvalue weighted by Crippen LogP contribution is 2.24. The zero-order chi connectivity index (χ0) is 13.2. The SMILES string of the molecule is CCOc1ccc(-c2nc3c(C)cccc3[nH]2)cc1. The van der Waals surface area contributed by atoms with Crippen molar-refractivity contribution < 1.29 is 4.74 Å². The highest BCUT2D eigenvalue weighted by molar-refractivity contribution is 5.82. The molecule has 0 aliphatic rings. The van der Waals surface area contributed by atoms with Gasteiger partial charge in [0.15, 0.2) is 0 Å². The van der Waals surface area contributed by atoms with Gasteiger partial charge in [0, 0.05) is 5.56 Å². The minimum Gasteiger partial charge on any atom is -0.494 e. The third-order valence-corrected chi connectivity index (χ3v) is 3.15. The van der Waals surface area contributed by atoms with Crippen LogP contribution in [0.4, 0.5) is 0 Å². The highest BCUT2D eigenvalue weighted by Gasteiger charge is 2.06. The molecule has 0 aliphatic heterocycles. The molecule has 0 spiro atoms. The third-order valence-electron chi connectivity index (χ3n) is 3.15. The van der Waals surface area contributed by atoms with E-state index in [1.807, 2.05) is 43.3 Å². The van der Waals surface area contributed by atoms with Crippen LogP contribution in [-0.2, 0) is 0 Å². The lowest BCUT2D eigenvalue weighted by Gasteiger charge is -2.02. The van der Waals surface area contributed by atoms with Gasteiger partial charge in [-0.2, -0.15) is 0 Å². The summed E-state index contributed by atoms with van der Waals surface area (Å²) in [6.07, 6.45) is 0. The molecular formula is C16H16N2O. The summed E-state index contributed by atoms with van der Waals surface area (Å²) in [6.45, 7) is 4.74. The van der Waals surface area contributed by atoms with E-state index in [0.717, 1.165) is 28.2 Å². The van der Waals surface area contributed by atoms with E-state index in [1.165, 1.54) is 5.56 Å². The Balaban J connectivity index is 2.01. The molecule has 2 aromatic carbocycles. The Bertz CT molecular complexity index is 698. The van der Waals surface area contributed by atoms with Crippen molar-refractivity contribution in [1.29, 1.82) is 0 Å². The molecule has 1 aromatic heterocycles. The van der Waals surface area contributed by atoms with Gasteiger partial charge in [-0.25, -0.2) is 4.98 Å². The number of para-hydroxylation sites is 1. The molecule has 0 saturated heterocycles. The fourth-order valence-corrected chi connectivity index (χ4v) is 2.19. The van der Waals surface area contributed by atoms with Crippen LogP contribution in [0, 0.1) is 6.92 Å². The Hall–Kier alpha value is -2.29. The molecule has 1 N–H and O–H groups in total. The molecular weight excluding hydrogens is 236 g/mol. The molecule has 0 aliphatic carbocycles. The van der Waals surface area contributed by atoms with Gasteiger partial charge < -0.3 is 9.72 Å². The van der Waals surface area contributed by atoms with Crippen LogP contribution in [0.2, 0.25) is 0 Å². The van der Waals surface area contributed by atoms with Crippen LogP contribution in [0.15, 0.2) is 42.5 Å². The number of aromatic amines is 1. The average Bonchev–Trinajstić information content (AvgIpc) is 2.85. The van der Waals surface area contributed by atoms with Crippen LogP contribution >= 0.6 is 0 Å². The Kier molecular flexibility index (Phi) is 2.95. The standard InChI is InChI=1S/C16H16N2O/c1-3-19-13-9-7-12(8-10-13)16-17-14-6-4-5-11(2)15(14)18-16/h4-10H,3H2,1-2H3,(H,17,18). The van der Waals surface area contributed by atoms with Crippen LogP contribution in [0.25, 0.3) is 22.4 Å². The van der Waals surface area contributed by atoms with Crippen molar-refractivity contribution in [2.75, 3.05) is 6.61 Å². The molecule has 0 amide bonds. The molecule has 0 bridgehead atoms. The van der Waals surface area contributed by atoms with Gasteiger partial charge in [-0.15, -0.1) is 0 Å². The minimum absolute atomic E-state index is 0.684. The molecule has 3 heteroatoms. The van der Waals surface area contributed by atoms with Crippen LogP contribution < -0.4 is 4.74 Å². The Morgan fingerprint density at radius 3 is 2.58 bits per heavy atom. The monoisotopic (exact) mass is 252 g/mol. The molecule has 1 heterocycles. The van der Waals surface area contributed by atoms with Crippen molar-refractivity contribution in [3.05, 3.63) is 48.0 Å². The van der Waals surface area contributed by atoms with E-state index < -0.39 is 0 Å². The largest absolute Gasteiger partial charge is 0.494 e. The number of benzene rings is 2. The Morgan fingerprint density at radius 1 is 1.11 bits per heavy atom. The minimum atomic E-state index is 0.684. The van der Waals surface area contributed by atoms with Gasteiger partial charge in [0.1, 0.15) is 11.6 Å². The summed E-state index contributed by atoms with van der Waals surface area (Å²) in [6, 6.07) is 14.2. The smallest absolute Gasteiger partial charge is 0.138 e. The first-order valence-electron chi connectivity index (χ1n) is 6.46. The predicted molar refractivity (Wildman–Crippen MR) is 77.4 cm³/mol. The molecule has 96 valence electrons. The Labute approximate surface area is 112 Å². The number of fused-ring (bicyclic) bond motifs is 1. The van der Waals surface area contributed by atoms with E-state index in [1.54, 1.807) is 0 Å². The van der Waals surface area contributed by atoms with Gasteiger partial charge in [-0.1, -0.05) is 12.1 Å². The van der Waals surface area contributed by atoms with Gasteiger partial charge in [0.2, 0.25) is 0 Å². The Morgan fingerprint density at radius 2 is 1.89 bits per heavy atom. The van der Waals surface area contributed by atoms with E-state index in [9.17, 15) is 0 Å². The summed E-state index contributed by atoms with van der Waals surface area (Å²) in [5.41, 5.74) is 4.36. The normalized spacial score (nSPS) is 10.8. The number of nitrogens with zero attached hydrogens (tertiary/aromatic N) is 1. The maximum Gasteiger partial charge on any atom is 0.138 e. The predicted octanol–water partition coefficient (Wildman–Crippen LogP) is 3.94. The number of ether oxygens (including phenoxy) is 1. The average molecular weight is 252 g/mol. The molecule has 0 fully saturated rings. The summed E-state index contributed by atoms with van der Waals surface area (Å²) in [5, 5.41) is 0. The molecule has 0 atom stereocenters. The number of rotatable bonds is 3. The zero-order valence-electron chi connectivity index (χ0n) is 11.1. The lowest BCUT2D eigenvalue weighted by atomic mass is 10.2. The summed E-state index contributed by atoms with van der Waals surface area (Å²) in [4.78, 5) is 8.01. The lowest BCUT2D eigenvalue weighted by Crippen LogP contribution is -1.90. The fraction of sp³-hybridized carbons (Fsp3) is 0.188. The number of H-pyrrole nitrogens is 1. The first-order valence-corrected chi connectivity index (χ1v) is 6.46. The van der Waals surface area contributed by atoms with Gasteiger partial charge in [0.05, 0.1) is 17.6 Å². The van der Waals surface area contributed by atoms with Crippen molar-refractivity contribution in [2.45, 2.75) is 13.8 Å². The van der Waals surface area contributed by atoms with E-state index in [2.05, 4.69) is 23.0 Å². The quantitative estimate of drug-likeness (QED) is 0.766. The number of aromatic nitrogens is 2. The van der Waals surface area contributed by atoms with Crippen LogP contribution in [0.3, 0.4) is 0 Å². The van der Waals surface area contributed by atoms with Crippen molar-refractivity contribution in [3.8, 4) is 17.1 Å². The van der Waals surface area contributed by atoms with Crippen LogP contribution in [0.5, 0.6) is 5.75 Å². The van der Waals surface area contributed by atoms with Crippen molar-refractivity contribution in [3.63, 3.8) is 0 Å². The summed E-state index contributed by atoms with van der Waals surface area (Å²) in [7, 11) is 0. The molecule has 3 rings (SSSR count). The molecule has 19 heavy (non-hydrogen) atoms. The number of imidazole rings is 1. The van der Waals surface area contributed by atoms with E-state index in [4.69, 9.17) is 4.74 Å². The maximum atomic E-state index is 5.44. The first kappa shape index (κ1) is 11.8. The van der Waals surface area contributed by atoms with Gasteiger partial charge in [0.25, 0.3) is 0 Å². The number of aryl methyl sites for hydroxylation is 1. The van der Waals surface area contributed by atoms with E-state index in [-0.39, 0.29) is 0 Å². The van der Waals surface area contributed by atoms with Gasteiger partial charge >= 0.3 is 0 Å². The topological polar surface area (TPSA) is 37.9 Å². The van der Waals surface area contributed by atoms with E-state index in [0.29, 0.717) is 6.61 Å². The van der Waals surface area contributed by atoms with Crippen LogP contribution in [0.1, 0.15) is 12.5 Å². The van der Waals surface area contributed by atoms with Crippen molar-refractivity contribution in [1.82, 2.24) is 9.97 Å². The molecule has 0 unspecified atom stereocenters. The summed E-state index contributed by atoms with van der Waals surface area (Å²) >= 11 is 0. The van der Waals surface area contributed by atoms with Crippen LogP contribution in [-0.4, -0.2) is 16.6 Å². The van der Waals surface area contributed by atoms with Crippen molar-refractivity contribution >= 4 is 11.0 Å². The number of hydrogen-bond acceptors (Lipinski definition) is 2. The highest BCUT2D eigenvalue weighted by atomic mass is 16.5. The fourth-order valence-electron chi connectivity index (χ4n) is 2.19. The molecule has 0 saturated carbocycles. The second-order valence-corrected chi connectivity index (χ2v) is 4.51. The third kappa shape index (κ3) is 2.19. The number of hydrogen-bond donors (Lipinski definition) is 1. The summed E-state index contributed by atoms with van der Waals surface area (Å²) in [5.74, 6) is 1.78. The van der Waals surface area contributed by atoms with Gasteiger partial charge in [-0.3, -0.25) is 0 Å². The van der Waals surface area contributed by atoms with Gasteiger partial charge in [-0.05, 0) is 49.7 Å².